The maximum atomic E-state index is 3.41. The van der Waals surface area contributed by atoms with Crippen molar-refractivity contribution in [3.8, 4) is 0 Å². The Hall–Kier alpha value is 0.0100. The summed E-state index contributed by atoms with van der Waals surface area (Å²) in [5.74, 6) is 1.15. The van der Waals surface area contributed by atoms with E-state index in [1.54, 1.807) is 0 Å². The Labute approximate surface area is 98.8 Å². The average Bonchev–Trinajstić information content (AvgIpc) is 2.25. The predicted molar refractivity (Wildman–Crippen MR) is 68.4 cm³/mol. The summed E-state index contributed by atoms with van der Waals surface area (Å²) in [4.78, 5) is 1.36. The van der Waals surface area contributed by atoms with E-state index in [4.69, 9.17) is 0 Å². The van der Waals surface area contributed by atoms with Gasteiger partial charge in [0.1, 0.15) is 0 Å². The molecule has 0 bridgehead atoms. The Morgan fingerprint density at radius 1 is 1.14 bits per heavy atom. The Morgan fingerprint density at radius 3 is 2.64 bits per heavy atom. The molecule has 0 fully saturated rings. The lowest BCUT2D eigenvalue weighted by Crippen LogP contribution is -2.18. The zero-order chi connectivity index (χ0) is 10.1. The van der Waals surface area contributed by atoms with Crippen LogP contribution in [0.1, 0.15) is 6.42 Å². The molecule has 0 saturated carbocycles. The number of rotatable bonds is 7. The van der Waals surface area contributed by atoms with E-state index < -0.39 is 0 Å². The van der Waals surface area contributed by atoms with Crippen molar-refractivity contribution in [2.45, 2.75) is 11.3 Å². The number of benzene rings is 1. The van der Waals surface area contributed by atoms with Gasteiger partial charge in [-0.1, -0.05) is 34.1 Å². The van der Waals surface area contributed by atoms with Crippen molar-refractivity contribution < 1.29 is 0 Å². The second kappa shape index (κ2) is 8.33. The highest BCUT2D eigenvalue weighted by atomic mass is 79.9. The van der Waals surface area contributed by atoms with E-state index in [9.17, 15) is 0 Å². The summed E-state index contributed by atoms with van der Waals surface area (Å²) in [5.41, 5.74) is 0. The van der Waals surface area contributed by atoms with Crippen molar-refractivity contribution in [1.29, 1.82) is 0 Å². The molecule has 1 rings (SSSR count). The van der Waals surface area contributed by atoms with E-state index in [2.05, 4.69) is 51.6 Å². The average molecular weight is 274 g/mol. The van der Waals surface area contributed by atoms with Gasteiger partial charge in [0.25, 0.3) is 0 Å². The Balaban J connectivity index is 1.99. The second-order valence-electron chi connectivity index (χ2n) is 2.95. The van der Waals surface area contributed by atoms with E-state index in [0.29, 0.717) is 0 Å². The highest BCUT2D eigenvalue weighted by molar-refractivity contribution is 9.09. The molecule has 78 valence electrons. The molecule has 1 aromatic carbocycles. The van der Waals surface area contributed by atoms with Gasteiger partial charge in [0.15, 0.2) is 0 Å². The summed E-state index contributed by atoms with van der Waals surface area (Å²) in [6.45, 7) is 2.20. The standard InChI is InChI=1S/C11H16BrNS/c12-7-4-8-13-9-10-14-11-5-2-1-3-6-11/h1-3,5-6,13H,4,7-10H2. The number of hydrogen-bond donors (Lipinski definition) is 1. The van der Waals surface area contributed by atoms with Gasteiger partial charge in [0.05, 0.1) is 0 Å². The molecular weight excluding hydrogens is 258 g/mol. The molecule has 0 unspecified atom stereocenters. The summed E-state index contributed by atoms with van der Waals surface area (Å²) in [6.07, 6.45) is 1.20. The SMILES string of the molecule is BrCCCNCCSc1ccccc1. The minimum atomic E-state index is 1.09. The summed E-state index contributed by atoms with van der Waals surface area (Å²) in [7, 11) is 0. The van der Waals surface area contributed by atoms with E-state index in [1.165, 1.54) is 11.3 Å². The van der Waals surface area contributed by atoms with Gasteiger partial charge < -0.3 is 5.32 Å². The van der Waals surface area contributed by atoms with Crippen LogP contribution in [0.2, 0.25) is 0 Å². The van der Waals surface area contributed by atoms with Crippen molar-refractivity contribution in [2.24, 2.45) is 0 Å². The molecule has 0 atom stereocenters. The fraction of sp³-hybridized carbons (Fsp3) is 0.455. The van der Waals surface area contributed by atoms with Crippen LogP contribution in [0.25, 0.3) is 0 Å². The third-order valence-corrected chi connectivity index (χ3v) is 3.35. The number of nitrogens with one attached hydrogen (secondary N) is 1. The molecule has 1 N–H and O–H groups in total. The van der Waals surface area contributed by atoms with Gasteiger partial charge in [-0.25, -0.2) is 0 Å². The Morgan fingerprint density at radius 2 is 1.93 bits per heavy atom. The van der Waals surface area contributed by atoms with Crippen LogP contribution < -0.4 is 5.32 Å². The first-order valence-corrected chi connectivity index (χ1v) is 6.98. The highest BCUT2D eigenvalue weighted by Crippen LogP contribution is 2.15. The van der Waals surface area contributed by atoms with E-state index >= 15 is 0 Å². The van der Waals surface area contributed by atoms with Gasteiger partial charge in [-0.3, -0.25) is 0 Å². The van der Waals surface area contributed by atoms with Crippen LogP contribution in [0.4, 0.5) is 0 Å². The predicted octanol–water partition coefficient (Wildman–Crippen LogP) is 3.15. The van der Waals surface area contributed by atoms with Crippen LogP contribution in [0, 0.1) is 0 Å². The summed E-state index contributed by atoms with van der Waals surface area (Å²) in [5, 5.41) is 4.49. The maximum absolute atomic E-state index is 3.41. The van der Waals surface area contributed by atoms with Crippen LogP contribution >= 0.6 is 27.7 Å². The first kappa shape index (κ1) is 12.1. The first-order chi connectivity index (χ1) is 6.93. The second-order valence-corrected chi connectivity index (χ2v) is 4.92. The lowest BCUT2D eigenvalue weighted by Gasteiger charge is -2.03. The third-order valence-electron chi connectivity index (χ3n) is 1.78. The van der Waals surface area contributed by atoms with E-state index in [1.807, 2.05) is 11.8 Å². The van der Waals surface area contributed by atoms with Gasteiger partial charge in [-0.05, 0) is 25.1 Å². The minimum Gasteiger partial charge on any atom is -0.316 e. The Kier molecular flexibility index (Phi) is 7.19. The molecule has 1 aromatic rings. The molecule has 0 heterocycles. The lowest BCUT2D eigenvalue weighted by molar-refractivity contribution is 0.713. The van der Waals surface area contributed by atoms with Crippen LogP contribution in [0.5, 0.6) is 0 Å². The third kappa shape index (κ3) is 5.68. The normalized spacial score (nSPS) is 10.4. The van der Waals surface area contributed by atoms with Crippen LogP contribution in [-0.4, -0.2) is 24.2 Å². The van der Waals surface area contributed by atoms with E-state index in [0.717, 1.165) is 24.2 Å². The summed E-state index contributed by atoms with van der Waals surface area (Å²) >= 11 is 5.31. The molecule has 0 spiro atoms. The maximum Gasteiger partial charge on any atom is 0.0106 e. The smallest absolute Gasteiger partial charge is 0.0106 e. The van der Waals surface area contributed by atoms with Crippen LogP contribution in [0.3, 0.4) is 0 Å². The van der Waals surface area contributed by atoms with Gasteiger partial charge in [-0.2, -0.15) is 0 Å². The van der Waals surface area contributed by atoms with Crippen molar-refractivity contribution in [1.82, 2.24) is 5.32 Å². The molecule has 0 aliphatic rings. The molecule has 0 aliphatic carbocycles. The molecular formula is C11H16BrNS. The van der Waals surface area contributed by atoms with Gasteiger partial charge in [-0.15, -0.1) is 11.8 Å². The molecule has 3 heteroatoms. The molecule has 14 heavy (non-hydrogen) atoms. The molecule has 0 aliphatic heterocycles. The number of halogens is 1. The van der Waals surface area contributed by atoms with Gasteiger partial charge in [0, 0.05) is 22.5 Å². The fourth-order valence-electron chi connectivity index (χ4n) is 1.07. The summed E-state index contributed by atoms with van der Waals surface area (Å²) in [6, 6.07) is 10.5. The lowest BCUT2D eigenvalue weighted by atomic mass is 10.4. The van der Waals surface area contributed by atoms with E-state index in [-0.39, 0.29) is 0 Å². The monoisotopic (exact) mass is 273 g/mol. The highest BCUT2D eigenvalue weighted by Gasteiger charge is 1.91. The minimum absolute atomic E-state index is 1.09. The molecule has 0 saturated heterocycles. The van der Waals surface area contributed by atoms with Crippen molar-refractivity contribution >= 4 is 27.7 Å². The zero-order valence-electron chi connectivity index (χ0n) is 8.21. The van der Waals surface area contributed by atoms with Gasteiger partial charge in [0.2, 0.25) is 0 Å². The summed E-state index contributed by atoms with van der Waals surface area (Å²) < 4.78 is 0. The molecule has 1 nitrogen and oxygen atoms in total. The largest absolute Gasteiger partial charge is 0.316 e. The molecule has 0 amide bonds. The first-order valence-electron chi connectivity index (χ1n) is 4.88. The molecule has 0 radical (unpaired) electrons. The van der Waals surface area contributed by atoms with Crippen molar-refractivity contribution in [3.05, 3.63) is 30.3 Å². The van der Waals surface area contributed by atoms with Crippen LogP contribution in [-0.2, 0) is 0 Å². The van der Waals surface area contributed by atoms with Crippen molar-refractivity contribution in [2.75, 3.05) is 24.2 Å². The quantitative estimate of drug-likeness (QED) is 0.465. The molecule has 0 aromatic heterocycles. The number of alkyl halides is 1. The topological polar surface area (TPSA) is 12.0 Å². The zero-order valence-corrected chi connectivity index (χ0v) is 10.6. The fourth-order valence-corrected chi connectivity index (χ4v) is 2.19. The van der Waals surface area contributed by atoms with Crippen LogP contribution in [0.15, 0.2) is 35.2 Å². The van der Waals surface area contributed by atoms with Gasteiger partial charge >= 0.3 is 0 Å². The number of hydrogen-bond acceptors (Lipinski definition) is 2. The Bertz CT molecular complexity index is 228. The van der Waals surface area contributed by atoms with Crippen molar-refractivity contribution in [3.63, 3.8) is 0 Å². The number of thioether (sulfide) groups is 1.